The van der Waals surface area contributed by atoms with Gasteiger partial charge in [0.05, 0.1) is 0 Å². The fourth-order valence-corrected chi connectivity index (χ4v) is 1.77. The third kappa shape index (κ3) is 2.20. The summed E-state index contributed by atoms with van der Waals surface area (Å²) in [6, 6.07) is 0. The van der Waals surface area contributed by atoms with Gasteiger partial charge in [-0.1, -0.05) is 18.7 Å². The lowest BCUT2D eigenvalue weighted by Crippen LogP contribution is -2.00. The molecule has 2 aromatic rings. The van der Waals surface area contributed by atoms with Crippen molar-refractivity contribution in [1.29, 1.82) is 0 Å². The molecule has 0 fully saturated rings. The first kappa shape index (κ1) is 10.2. The molecule has 2 aromatic heterocycles. The van der Waals surface area contributed by atoms with Gasteiger partial charge in [0.25, 0.3) is 0 Å². The molecule has 0 amide bonds. The Hall–Kier alpha value is -1.30. The number of aryl methyl sites for hydroxylation is 1. The van der Waals surface area contributed by atoms with Gasteiger partial charge >= 0.3 is 0 Å². The maximum atomic E-state index is 5.43. The van der Waals surface area contributed by atoms with Crippen molar-refractivity contribution in [3.05, 3.63) is 24.2 Å². The van der Waals surface area contributed by atoms with Crippen molar-refractivity contribution in [1.82, 2.24) is 19.7 Å². The number of hydrogen-bond donors (Lipinski definition) is 0. The minimum Gasteiger partial charge on any atom is -0.423 e. The van der Waals surface area contributed by atoms with Crippen molar-refractivity contribution >= 4 is 11.8 Å². The Kier molecular flexibility index (Phi) is 3.05. The van der Waals surface area contributed by atoms with Gasteiger partial charge in [-0.25, -0.2) is 4.98 Å². The number of nitrogens with zero attached hydrogens (tertiary/aromatic N) is 4. The van der Waals surface area contributed by atoms with Crippen LogP contribution in [0.15, 0.2) is 22.0 Å². The highest BCUT2D eigenvalue weighted by atomic mass is 32.2. The lowest BCUT2D eigenvalue weighted by atomic mass is 10.5. The molecule has 0 radical (unpaired) electrons. The van der Waals surface area contributed by atoms with Crippen LogP contribution >= 0.6 is 11.8 Å². The Morgan fingerprint density at radius 1 is 1.40 bits per heavy atom. The van der Waals surface area contributed by atoms with Crippen molar-refractivity contribution < 1.29 is 4.42 Å². The van der Waals surface area contributed by atoms with E-state index >= 15 is 0 Å². The zero-order valence-corrected chi connectivity index (χ0v) is 9.49. The van der Waals surface area contributed by atoms with E-state index in [1.165, 1.54) is 0 Å². The number of rotatable bonds is 4. The Morgan fingerprint density at radius 3 is 2.87 bits per heavy atom. The number of aromatic nitrogens is 4. The van der Waals surface area contributed by atoms with Gasteiger partial charge in [-0.05, 0) is 6.26 Å². The molecule has 0 aliphatic carbocycles. The first-order valence-electron chi connectivity index (χ1n) is 4.70. The molecule has 0 aromatic carbocycles. The molecular weight excluding hydrogens is 212 g/mol. The Labute approximate surface area is 91.9 Å². The van der Waals surface area contributed by atoms with E-state index in [0.717, 1.165) is 11.6 Å². The van der Waals surface area contributed by atoms with Crippen molar-refractivity contribution in [3.8, 4) is 0 Å². The molecule has 80 valence electrons. The van der Waals surface area contributed by atoms with E-state index in [1.54, 1.807) is 18.0 Å². The molecule has 0 saturated carbocycles. The van der Waals surface area contributed by atoms with Crippen LogP contribution in [0.1, 0.15) is 18.7 Å². The highest BCUT2D eigenvalue weighted by Gasteiger charge is 2.07. The second-order valence-electron chi connectivity index (χ2n) is 2.98. The van der Waals surface area contributed by atoms with Gasteiger partial charge in [-0.15, -0.1) is 10.2 Å². The molecule has 0 spiro atoms. The van der Waals surface area contributed by atoms with Gasteiger partial charge in [-0.2, -0.15) is 0 Å². The van der Waals surface area contributed by atoms with Crippen LogP contribution in [0.3, 0.4) is 0 Å². The van der Waals surface area contributed by atoms with Gasteiger partial charge in [0.15, 0.2) is 5.16 Å². The Bertz CT molecular complexity index is 437. The van der Waals surface area contributed by atoms with Gasteiger partial charge in [0.1, 0.15) is 6.54 Å². The normalized spacial score (nSPS) is 10.8. The summed E-state index contributed by atoms with van der Waals surface area (Å²) in [4.78, 5) is 4.19. The minimum absolute atomic E-state index is 0.586. The molecule has 5 nitrogen and oxygen atoms in total. The van der Waals surface area contributed by atoms with Crippen LogP contribution in [0.4, 0.5) is 0 Å². The molecule has 0 aliphatic heterocycles. The molecule has 0 saturated heterocycles. The largest absolute Gasteiger partial charge is 0.423 e. The molecule has 0 aliphatic rings. The second-order valence-corrected chi connectivity index (χ2v) is 3.76. The molecule has 2 rings (SSSR count). The Balaban J connectivity index is 2.14. The smallest absolute Gasteiger partial charge is 0.236 e. The molecule has 15 heavy (non-hydrogen) atoms. The summed E-state index contributed by atoms with van der Waals surface area (Å²) in [5.74, 6) is 1.30. The summed E-state index contributed by atoms with van der Waals surface area (Å²) >= 11 is 1.60. The van der Waals surface area contributed by atoms with E-state index in [9.17, 15) is 0 Å². The highest BCUT2D eigenvalue weighted by Crippen LogP contribution is 2.13. The first-order valence-corrected chi connectivity index (χ1v) is 5.92. The van der Waals surface area contributed by atoms with E-state index in [4.69, 9.17) is 4.42 Å². The molecule has 0 bridgehead atoms. The minimum atomic E-state index is 0.586. The average molecular weight is 224 g/mol. The van der Waals surface area contributed by atoms with Gasteiger partial charge < -0.3 is 8.98 Å². The van der Waals surface area contributed by atoms with E-state index in [1.807, 2.05) is 23.9 Å². The van der Waals surface area contributed by atoms with Crippen LogP contribution in [-0.4, -0.2) is 26.0 Å². The topological polar surface area (TPSA) is 56.7 Å². The molecule has 2 heterocycles. The summed E-state index contributed by atoms with van der Waals surface area (Å²) in [6.07, 6.45) is 6.43. The van der Waals surface area contributed by atoms with Gasteiger partial charge in [0, 0.05) is 18.8 Å². The van der Waals surface area contributed by atoms with E-state index in [-0.39, 0.29) is 0 Å². The summed E-state index contributed by atoms with van der Waals surface area (Å²) < 4.78 is 7.41. The van der Waals surface area contributed by atoms with Gasteiger partial charge in [0.2, 0.25) is 11.8 Å². The summed E-state index contributed by atoms with van der Waals surface area (Å²) in [5.41, 5.74) is 0. The molecular formula is C9H12N4OS. The summed E-state index contributed by atoms with van der Waals surface area (Å²) in [7, 11) is 0. The van der Waals surface area contributed by atoms with Gasteiger partial charge in [-0.3, -0.25) is 0 Å². The van der Waals surface area contributed by atoms with Crippen molar-refractivity contribution in [3.63, 3.8) is 0 Å². The first-order chi connectivity index (χ1) is 7.33. The third-order valence-electron chi connectivity index (χ3n) is 1.98. The predicted molar refractivity (Wildman–Crippen MR) is 56.8 cm³/mol. The fraction of sp³-hybridized carbons (Fsp3) is 0.444. The molecule has 0 N–H and O–H groups in total. The standard InChI is InChI=1S/C9H12N4OS/c1-3-7-11-12-8(14-7)6-13-5-4-10-9(13)15-2/h4-5H,3,6H2,1-2H3. The average Bonchev–Trinajstić information content (AvgIpc) is 2.87. The van der Waals surface area contributed by atoms with Crippen LogP contribution in [0.25, 0.3) is 0 Å². The molecule has 6 heteroatoms. The monoisotopic (exact) mass is 224 g/mol. The Morgan fingerprint density at radius 2 is 2.20 bits per heavy atom. The summed E-state index contributed by atoms with van der Waals surface area (Å²) in [6.45, 7) is 2.57. The van der Waals surface area contributed by atoms with Crippen LogP contribution in [0.5, 0.6) is 0 Å². The number of imidazole rings is 1. The SMILES string of the molecule is CCc1nnc(Cn2ccnc2SC)o1. The second kappa shape index (κ2) is 4.48. The van der Waals surface area contributed by atoms with E-state index in [2.05, 4.69) is 15.2 Å². The third-order valence-corrected chi connectivity index (χ3v) is 2.68. The van der Waals surface area contributed by atoms with Crippen LogP contribution in [-0.2, 0) is 13.0 Å². The quantitative estimate of drug-likeness (QED) is 0.738. The molecule has 0 unspecified atom stereocenters. The van der Waals surface area contributed by atoms with E-state index in [0.29, 0.717) is 18.3 Å². The lowest BCUT2D eigenvalue weighted by molar-refractivity contribution is 0.436. The number of hydrogen-bond acceptors (Lipinski definition) is 5. The van der Waals surface area contributed by atoms with E-state index < -0.39 is 0 Å². The van der Waals surface area contributed by atoms with Crippen LogP contribution in [0, 0.1) is 0 Å². The zero-order valence-electron chi connectivity index (χ0n) is 8.67. The van der Waals surface area contributed by atoms with Crippen molar-refractivity contribution in [2.24, 2.45) is 0 Å². The van der Waals surface area contributed by atoms with Crippen molar-refractivity contribution in [2.45, 2.75) is 25.0 Å². The maximum absolute atomic E-state index is 5.43. The highest BCUT2D eigenvalue weighted by molar-refractivity contribution is 7.98. The zero-order chi connectivity index (χ0) is 10.7. The summed E-state index contributed by atoms with van der Waals surface area (Å²) in [5, 5.41) is 8.83. The number of thioether (sulfide) groups is 1. The van der Waals surface area contributed by atoms with Crippen LogP contribution < -0.4 is 0 Å². The molecule has 0 atom stereocenters. The fourth-order valence-electron chi connectivity index (χ4n) is 1.25. The maximum Gasteiger partial charge on any atom is 0.236 e. The lowest BCUT2D eigenvalue weighted by Gasteiger charge is -2.00. The van der Waals surface area contributed by atoms with Crippen LogP contribution in [0.2, 0.25) is 0 Å². The van der Waals surface area contributed by atoms with Crippen molar-refractivity contribution in [2.75, 3.05) is 6.26 Å². The predicted octanol–water partition coefficient (Wildman–Crippen LogP) is 1.60.